The predicted molar refractivity (Wildman–Crippen MR) is 105 cm³/mol. The van der Waals surface area contributed by atoms with Gasteiger partial charge in [-0.05, 0) is 49.2 Å². The summed E-state index contributed by atoms with van der Waals surface area (Å²) in [6.07, 6.45) is 2.10. The summed E-state index contributed by atoms with van der Waals surface area (Å²) in [5, 5.41) is 3.69. The minimum Gasteiger partial charge on any atom is -0.496 e. The lowest BCUT2D eigenvalue weighted by atomic mass is 10.1. The number of benzene rings is 2. The van der Waals surface area contributed by atoms with E-state index >= 15 is 0 Å². The molecule has 0 unspecified atom stereocenters. The third kappa shape index (κ3) is 5.75. The molecule has 4 nitrogen and oxygen atoms in total. The molecule has 0 aliphatic carbocycles. The first kappa shape index (κ1) is 20.3. The number of hydrogen-bond acceptors (Lipinski definition) is 3. The fourth-order valence-electron chi connectivity index (χ4n) is 2.58. The van der Waals surface area contributed by atoms with E-state index < -0.39 is 0 Å². The van der Waals surface area contributed by atoms with Crippen molar-refractivity contribution in [3.63, 3.8) is 0 Å². The lowest BCUT2D eigenvalue weighted by molar-refractivity contribution is 0.0938. The molecule has 0 spiro atoms. The minimum atomic E-state index is -0.134. The average molecular weight is 376 g/mol. The van der Waals surface area contributed by atoms with Crippen LogP contribution in [0.3, 0.4) is 0 Å². The lowest BCUT2D eigenvalue weighted by Crippen LogP contribution is -2.26. The van der Waals surface area contributed by atoms with Gasteiger partial charge >= 0.3 is 0 Å². The molecule has 0 aliphatic rings. The standard InChI is InChI=1S/C21H26ClNO3/c1-4-5-12-26-14-18-13-17(8-11-20(18)25-3)21(24)23-15(2)16-6-9-19(22)10-7-16/h6-11,13,15H,4-5,12,14H2,1-3H3,(H,23,24)/t15-/m1/s1. The Bertz CT molecular complexity index is 716. The molecule has 140 valence electrons. The van der Waals surface area contributed by atoms with Crippen LogP contribution in [0.4, 0.5) is 0 Å². The lowest BCUT2D eigenvalue weighted by Gasteiger charge is -2.16. The zero-order valence-electron chi connectivity index (χ0n) is 15.5. The van der Waals surface area contributed by atoms with E-state index in [4.69, 9.17) is 21.1 Å². The van der Waals surface area contributed by atoms with Crippen LogP contribution < -0.4 is 10.1 Å². The van der Waals surface area contributed by atoms with Crippen LogP contribution >= 0.6 is 11.6 Å². The van der Waals surface area contributed by atoms with E-state index in [-0.39, 0.29) is 11.9 Å². The van der Waals surface area contributed by atoms with Crippen LogP contribution in [0.15, 0.2) is 42.5 Å². The topological polar surface area (TPSA) is 47.6 Å². The summed E-state index contributed by atoms with van der Waals surface area (Å²) in [5.74, 6) is 0.591. The molecule has 2 aromatic rings. The fourth-order valence-corrected chi connectivity index (χ4v) is 2.70. The molecule has 0 heterocycles. The first-order valence-electron chi connectivity index (χ1n) is 8.86. The molecule has 26 heavy (non-hydrogen) atoms. The van der Waals surface area contributed by atoms with Gasteiger partial charge in [0.25, 0.3) is 5.91 Å². The smallest absolute Gasteiger partial charge is 0.251 e. The number of amides is 1. The summed E-state index contributed by atoms with van der Waals surface area (Å²) in [7, 11) is 1.62. The van der Waals surface area contributed by atoms with Crippen LogP contribution in [0.2, 0.25) is 5.02 Å². The Hall–Kier alpha value is -2.04. The summed E-state index contributed by atoms with van der Waals surface area (Å²) < 4.78 is 11.0. The highest BCUT2D eigenvalue weighted by atomic mass is 35.5. The SMILES string of the molecule is CCCCOCc1cc(C(=O)N[C@H](C)c2ccc(Cl)cc2)ccc1OC. The predicted octanol–water partition coefficient (Wildman–Crippen LogP) is 5.16. The third-order valence-electron chi connectivity index (χ3n) is 4.16. The average Bonchev–Trinajstić information content (AvgIpc) is 2.65. The fraction of sp³-hybridized carbons (Fsp3) is 0.381. The molecule has 0 radical (unpaired) electrons. The number of halogens is 1. The zero-order valence-corrected chi connectivity index (χ0v) is 16.3. The van der Waals surface area contributed by atoms with E-state index in [2.05, 4.69) is 12.2 Å². The van der Waals surface area contributed by atoms with Gasteiger partial charge in [-0.3, -0.25) is 4.79 Å². The van der Waals surface area contributed by atoms with Crippen molar-refractivity contribution in [1.29, 1.82) is 0 Å². The summed E-state index contributed by atoms with van der Waals surface area (Å²) in [4.78, 5) is 12.6. The van der Waals surface area contributed by atoms with Crippen molar-refractivity contribution in [1.82, 2.24) is 5.32 Å². The largest absolute Gasteiger partial charge is 0.496 e. The van der Waals surface area contributed by atoms with Crippen molar-refractivity contribution >= 4 is 17.5 Å². The quantitative estimate of drug-likeness (QED) is 0.616. The van der Waals surface area contributed by atoms with Gasteiger partial charge in [0.05, 0.1) is 19.8 Å². The van der Waals surface area contributed by atoms with E-state index in [0.29, 0.717) is 23.8 Å². The van der Waals surface area contributed by atoms with Crippen LogP contribution in [0.25, 0.3) is 0 Å². The van der Waals surface area contributed by atoms with E-state index in [1.807, 2.05) is 37.3 Å². The van der Waals surface area contributed by atoms with Crippen molar-refractivity contribution < 1.29 is 14.3 Å². The molecule has 5 heteroatoms. The molecule has 2 rings (SSSR count). The summed E-state index contributed by atoms with van der Waals surface area (Å²) in [6.45, 7) is 5.19. The van der Waals surface area contributed by atoms with Gasteiger partial charge in [-0.1, -0.05) is 37.1 Å². The van der Waals surface area contributed by atoms with Crippen molar-refractivity contribution in [2.75, 3.05) is 13.7 Å². The van der Waals surface area contributed by atoms with Crippen molar-refractivity contribution in [3.8, 4) is 5.75 Å². The number of carbonyl (C=O) groups excluding carboxylic acids is 1. The Morgan fingerprint density at radius 1 is 1.19 bits per heavy atom. The number of carbonyl (C=O) groups is 1. The second-order valence-corrected chi connectivity index (χ2v) is 6.62. The molecular formula is C21H26ClNO3. The number of unbranched alkanes of at least 4 members (excludes halogenated alkanes) is 1. The highest BCUT2D eigenvalue weighted by molar-refractivity contribution is 6.30. The van der Waals surface area contributed by atoms with Gasteiger partial charge in [-0.2, -0.15) is 0 Å². The monoisotopic (exact) mass is 375 g/mol. The number of ether oxygens (including phenoxy) is 2. The van der Waals surface area contributed by atoms with Gasteiger partial charge in [0, 0.05) is 22.8 Å². The molecule has 0 saturated carbocycles. The molecule has 1 N–H and O–H groups in total. The summed E-state index contributed by atoms with van der Waals surface area (Å²) in [6, 6.07) is 12.7. The normalized spacial score (nSPS) is 11.8. The molecular weight excluding hydrogens is 350 g/mol. The highest BCUT2D eigenvalue weighted by Gasteiger charge is 2.14. The number of methoxy groups -OCH3 is 1. The van der Waals surface area contributed by atoms with Crippen molar-refractivity contribution in [3.05, 3.63) is 64.2 Å². The Kier molecular flexibility index (Phi) is 7.95. The molecule has 0 aliphatic heterocycles. The first-order valence-corrected chi connectivity index (χ1v) is 9.24. The second kappa shape index (κ2) is 10.2. The van der Waals surface area contributed by atoms with Gasteiger partial charge in [-0.25, -0.2) is 0 Å². The van der Waals surface area contributed by atoms with Crippen LogP contribution in [0.1, 0.15) is 54.2 Å². The van der Waals surface area contributed by atoms with Crippen LogP contribution in [0.5, 0.6) is 5.75 Å². The van der Waals surface area contributed by atoms with Gasteiger partial charge in [0.15, 0.2) is 0 Å². The van der Waals surface area contributed by atoms with Gasteiger partial charge in [-0.15, -0.1) is 0 Å². The van der Waals surface area contributed by atoms with Crippen molar-refractivity contribution in [2.45, 2.75) is 39.3 Å². The zero-order chi connectivity index (χ0) is 18.9. The highest BCUT2D eigenvalue weighted by Crippen LogP contribution is 2.22. The molecule has 0 fully saturated rings. The van der Waals surface area contributed by atoms with E-state index in [9.17, 15) is 4.79 Å². The maximum atomic E-state index is 12.6. The molecule has 0 saturated heterocycles. The summed E-state index contributed by atoms with van der Waals surface area (Å²) in [5.41, 5.74) is 2.45. The Balaban J connectivity index is 2.06. The van der Waals surface area contributed by atoms with Gasteiger partial charge < -0.3 is 14.8 Å². The minimum absolute atomic E-state index is 0.119. The van der Waals surface area contributed by atoms with E-state index in [0.717, 1.165) is 29.7 Å². The first-order chi connectivity index (χ1) is 12.5. The maximum absolute atomic E-state index is 12.6. The Morgan fingerprint density at radius 2 is 1.92 bits per heavy atom. The summed E-state index contributed by atoms with van der Waals surface area (Å²) >= 11 is 5.91. The number of hydrogen-bond donors (Lipinski definition) is 1. The molecule has 1 atom stereocenters. The Morgan fingerprint density at radius 3 is 2.58 bits per heavy atom. The van der Waals surface area contributed by atoms with Crippen molar-refractivity contribution in [2.24, 2.45) is 0 Å². The van der Waals surface area contributed by atoms with E-state index in [1.54, 1.807) is 19.2 Å². The van der Waals surface area contributed by atoms with Crippen LogP contribution in [-0.4, -0.2) is 19.6 Å². The number of nitrogens with one attached hydrogen (secondary N) is 1. The molecule has 0 bridgehead atoms. The molecule has 2 aromatic carbocycles. The Labute approximate surface area is 160 Å². The molecule has 1 amide bonds. The third-order valence-corrected chi connectivity index (χ3v) is 4.41. The number of rotatable bonds is 9. The van der Waals surface area contributed by atoms with Gasteiger partial charge in [0.1, 0.15) is 5.75 Å². The van der Waals surface area contributed by atoms with Crippen LogP contribution in [-0.2, 0) is 11.3 Å². The molecule has 0 aromatic heterocycles. The second-order valence-electron chi connectivity index (χ2n) is 6.18. The maximum Gasteiger partial charge on any atom is 0.251 e. The van der Waals surface area contributed by atoms with E-state index in [1.165, 1.54) is 0 Å². The van der Waals surface area contributed by atoms with Gasteiger partial charge in [0.2, 0.25) is 0 Å². The van der Waals surface area contributed by atoms with Crippen LogP contribution in [0, 0.1) is 0 Å².